The average Bonchev–Trinajstić information content (AvgIpc) is 3.16. The molecule has 146 valence electrons. The van der Waals surface area contributed by atoms with Gasteiger partial charge >= 0.3 is 0 Å². The highest BCUT2D eigenvalue weighted by Crippen LogP contribution is 2.25. The average molecular weight is 380 g/mol. The predicted octanol–water partition coefficient (Wildman–Crippen LogP) is 2.84. The van der Waals surface area contributed by atoms with E-state index in [-0.39, 0.29) is 16.5 Å². The van der Waals surface area contributed by atoms with Crippen LogP contribution >= 0.6 is 0 Å². The van der Waals surface area contributed by atoms with Crippen LogP contribution in [-0.4, -0.2) is 48.5 Å². The number of hydrogen-bond acceptors (Lipinski definition) is 5. The molecule has 1 fully saturated rings. The van der Waals surface area contributed by atoms with E-state index in [0.29, 0.717) is 6.54 Å². The molecule has 0 unspecified atom stereocenters. The fourth-order valence-corrected chi connectivity index (χ4v) is 4.00. The van der Waals surface area contributed by atoms with Gasteiger partial charge in [0.1, 0.15) is 0 Å². The molecule has 0 atom stereocenters. The molecule has 0 bridgehead atoms. The van der Waals surface area contributed by atoms with Crippen molar-refractivity contribution in [2.24, 2.45) is 0 Å². The molecule has 0 spiro atoms. The molecule has 7 heteroatoms. The van der Waals surface area contributed by atoms with Crippen LogP contribution in [0.15, 0.2) is 42.5 Å². The molecule has 1 saturated heterocycles. The molecule has 1 heterocycles. The fourth-order valence-electron chi connectivity index (χ4n) is 4.00. The number of nitrogens with zero attached hydrogens (tertiary/aromatic N) is 3. The van der Waals surface area contributed by atoms with Crippen LogP contribution < -0.4 is 10.2 Å². The Labute approximate surface area is 164 Å². The standard InChI is InChI=1S/C21H24N4O3/c26-21(22-18-5-4-16-2-1-3-17(16)14-18)15-23-10-12-24(13-11-23)19-6-8-20(9-7-19)25(27)28/h4-9,14H,1-3,10-13,15H2,(H,22,26). The number of nitro groups is 1. The van der Waals surface area contributed by atoms with Crippen molar-refractivity contribution in [1.82, 2.24) is 4.90 Å². The van der Waals surface area contributed by atoms with Crippen molar-refractivity contribution in [3.63, 3.8) is 0 Å². The van der Waals surface area contributed by atoms with Crippen LogP contribution in [0.5, 0.6) is 0 Å². The van der Waals surface area contributed by atoms with Crippen LogP contribution in [0.1, 0.15) is 17.5 Å². The van der Waals surface area contributed by atoms with Gasteiger partial charge in [-0.05, 0) is 54.7 Å². The van der Waals surface area contributed by atoms with Crippen LogP contribution in [0.4, 0.5) is 17.1 Å². The second-order valence-electron chi connectivity index (χ2n) is 7.42. The molecule has 7 nitrogen and oxygen atoms in total. The zero-order valence-corrected chi connectivity index (χ0v) is 15.8. The normalized spacial score (nSPS) is 16.6. The zero-order valence-electron chi connectivity index (χ0n) is 15.8. The molecule has 0 radical (unpaired) electrons. The number of anilines is 2. The number of non-ortho nitro benzene ring substituents is 1. The summed E-state index contributed by atoms with van der Waals surface area (Å²) in [4.78, 5) is 27.1. The highest BCUT2D eigenvalue weighted by Gasteiger charge is 2.20. The SMILES string of the molecule is O=C(CN1CCN(c2ccc([N+](=O)[O-])cc2)CC1)Nc1ccc2c(c1)CCC2. The number of hydrogen-bond donors (Lipinski definition) is 1. The molecule has 1 aliphatic carbocycles. The Morgan fingerprint density at radius 3 is 2.43 bits per heavy atom. The third-order valence-electron chi connectivity index (χ3n) is 5.55. The summed E-state index contributed by atoms with van der Waals surface area (Å²) in [5, 5.41) is 13.8. The van der Waals surface area contributed by atoms with Gasteiger partial charge in [-0.3, -0.25) is 19.8 Å². The van der Waals surface area contributed by atoms with Gasteiger partial charge in [-0.2, -0.15) is 0 Å². The molecule has 2 aromatic carbocycles. The minimum Gasteiger partial charge on any atom is -0.369 e. The van der Waals surface area contributed by atoms with E-state index in [1.807, 2.05) is 6.07 Å². The number of nitro benzene ring substituents is 1. The minimum absolute atomic E-state index is 0.0155. The number of rotatable bonds is 5. The number of benzene rings is 2. The van der Waals surface area contributed by atoms with Crippen molar-refractivity contribution in [1.29, 1.82) is 0 Å². The van der Waals surface area contributed by atoms with Gasteiger partial charge in [-0.15, -0.1) is 0 Å². The summed E-state index contributed by atoms with van der Waals surface area (Å²) in [6.07, 6.45) is 3.44. The Balaban J connectivity index is 1.27. The van der Waals surface area contributed by atoms with E-state index < -0.39 is 0 Å². The molecule has 4 rings (SSSR count). The van der Waals surface area contributed by atoms with Crippen LogP contribution in [0.2, 0.25) is 0 Å². The fraction of sp³-hybridized carbons (Fsp3) is 0.381. The van der Waals surface area contributed by atoms with Crippen LogP contribution in [-0.2, 0) is 17.6 Å². The van der Waals surface area contributed by atoms with Crippen molar-refractivity contribution in [2.75, 3.05) is 42.9 Å². The number of fused-ring (bicyclic) bond motifs is 1. The third-order valence-corrected chi connectivity index (χ3v) is 5.55. The summed E-state index contributed by atoms with van der Waals surface area (Å²) in [7, 11) is 0. The maximum atomic E-state index is 12.4. The van der Waals surface area contributed by atoms with E-state index in [1.54, 1.807) is 12.1 Å². The van der Waals surface area contributed by atoms with Crippen molar-refractivity contribution in [3.05, 3.63) is 63.7 Å². The zero-order chi connectivity index (χ0) is 19.5. The lowest BCUT2D eigenvalue weighted by Crippen LogP contribution is -2.48. The summed E-state index contributed by atoms with van der Waals surface area (Å²) < 4.78 is 0. The van der Waals surface area contributed by atoms with Crippen molar-refractivity contribution in [2.45, 2.75) is 19.3 Å². The van der Waals surface area contributed by atoms with Gasteiger partial charge in [-0.1, -0.05) is 6.07 Å². The molecule has 28 heavy (non-hydrogen) atoms. The topological polar surface area (TPSA) is 78.7 Å². The second-order valence-corrected chi connectivity index (χ2v) is 7.42. The number of carbonyl (C=O) groups is 1. The first-order chi connectivity index (χ1) is 13.6. The van der Waals surface area contributed by atoms with Gasteiger partial charge in [0.05, 0.1) is 11.5 Å². The van der Waals surface area contributed by atoms with E-state index in [4.69, 9.17) is 0 Å². The van der Waals surface area contributed by atoms with Crippen molar-refractivity contribution < 1.29 is 9.72 Å². The summed E-state index contributed by atoms with van der Waals surface area (Å²) in [6.45, 7) is 3.54. The molecule has 0 saturated carbocycles. The first-order valence-electron chi connectivity index (χ1n) is 9.72. The van der Waals surface area contributed by atoms with Gasteiger partial charge in [0.25, 0.3) is 5.69 Å². The Morgan fingerprint density at radius 2 is 1.71 bits per heavy atom. The van der Waals surface area contributed by atoms with E-state index >= 15 is 0 Å². The lowest BCUT2D eigenvalue weighted by Gasteiger charge is -2.35. The van der Waals surface area contributed by atoms with E-state index in [1.165, 1.54) is 29.7 Å². The monoisotopic (exact) mass is 380 g/mol. The molecule has 2 aromatic rings. The van der Waals surface area contributed by atoms with Gasteiger partial charge in [0.15, 0.2) is 0 Å². The number of nitrogens with one attached hydrogen (secondary N) is 1. The molecule has 1 aliphatic heterocycles. The minimum atomic E-state index is -0.388. The lowest BCUT2D eigenvalue weighted by molar-refractivity contribution is -0.384. The van der Waals surface area contributed by atoms with E-state index in [0.717, 1.165) is 50.4 Å². The molecular formula is C21H24N4O3. The smallest absolute Gasteiger partial charge is 0.269 e. The quantitative estimate of drug-likeness (QED) is 0.637. The lowest BCUT2D eigenvalue weighted by atomic mass is 10.1. The third kappa shape index (κ3) is 4.14. The molecule has 2 aliphatic rings. The van der Waals surface area contributed by atoms with E-state index in [9.17, 15) is 14.9 Å². The maximum absolute atomic E-state index is 12.4. The number of piperazine rings is 1. The van der Waals surface area contributed by atoms with Gasteiger partial charge < -0.3 is 10.2 Å². The van der Waals surface area contributed by atoms with Crippen LogP contribution in [0.25, 0.3) is 0 Å². The molecule has 1 amide bonds. The summed E-state index contributed by atoms with van der Waals surface area (Å²) in [5.74, 6) is 0.0155. The van der Waals surface area contributed by atoms with E-state index in [2.05, 4.69) is 27.2 Å². The summed E-state index contributed by atoms with van der Waals surface area (Å²) in [5.41, 5.74) is 4.73. The molecule has 0 aromatic heterocycles. The number of amides is 1. The maximum Gasteiger partial charge on any atom is 0.269 e. The molecule has 1 N–H and O–H groups in total. The first kappa shape index (κ1) is 18.4. The second kappa shape index (κ2) is 7.98. The van der Waals surface area contributed by atoms with Crippen molar-refractivity contribution in [3.8, 4) is 0 Å². The predicted molar refractivity (Wildman–Crippen MR) is 109 cm³/mol. The highest BCUT2D eigenvalue weighted by molar-refractivity contribution is 5.92. The van der Waals surface area contributed by atoms with Crippen LogP contribution in [0, 0.1) is 10.1 Å². The van der Waals surface area contributed by atoms with Gasteiger partial charge in [-0.25, -0.2) is 0 Å². The summed E-state index contributed by atoms with van der Waals surface area (Å²) >= 11 is 0. The Kier molecular flexibility index (Phi) is 5.25. The van der Waals surface area contributed by atoms with Gasteiger partial charge in [0, 0.05) is 49.7 Å². The Morgan fingerprint density at radius 1 is 1.00 bits per heavy atom. The number of aryl methyl sites for hydroxylation is 2. The van der Waals surface area contributed by atoms with Gasteiger partial charge in [0.2, 0.25) is 5.91 Å². The highest BCUT2D eigenvalue weighted by atomic mass is 16.6. The first-order valence-corrected chi connectivity index (χ1v) is 9.72. The Bertz CT molecular complexity index is 874. The van der Waals surface area contributed by atoms with Crippen LogP contribution in [0.3, 0.4) is 0 Å². The van der Waals surface area contributed by atoms with Crippen molar-refractivity contribution >= 4 is 23.0 Å². The molecular weight excluding hydrogens is 356 g/mol. The number of carbonyl (C=O) groups excluding carboxylic acids is 1. The Hall–Kier alpha value is -2.93. The summed E-state index contributed by atoms with van der Waals surface area (Å²) in [6, 6.07) is 12.9. The largest absolute Gasteiger partial charge is 0.369 e.